The molecule has 4 heteroatoms. The number of thiophene rings is 3. The van der Waals surface area contributed by atoms with Crippen LogP contribution in [0.4, 0.5) is 0 Å². The molecule has 0 spiro atoms. The third-order valence-electron chi connectivity index (χ3n) is 8.30. The third-order valence-corrected chi connectivity index (χ3v) is 13.8. The Morgan fingerprint density at radius 1 is 0.378 bits per heavy atom. The van der Waals surface area contributed by atoms with Gasteiger partial charge in [-0.3, -0.25) is 0 Å². The summed E-state index contributed by atoms with van der Waals surface area (Å²) in [6, 6.07) is 53.0. The second-order valence-corrected chi connectivity index (χ2v) is 15.8. The van der Waals surface area contributed by atoms with Gasteiger partial charge in [-0.2, -0.15) is 0 Å². The predicted octanol–water partition coefficient (Wildman–Crippen LogP) is 13.7. The Bertz CT molecular complexity index is 2070. The lowest BCUT2D eigenvalue weighted by molar-refractivity contribution is 0.729. The van der Waals surface area contributed by atoms with E-state index in [9.17, 15) is 0 Å². The van der Waals surface area contributed by atoms with Gasteiger partial charge in [-0.1, -0.05) is 122 Å². The zero-order valence-electron chi connectivity index (χ0n) is 24.7. The molecular formula is C41H30S4. The second kappa shape index (κ2) is 12.5. The summed E-state index contributed by atoms with van der Waals surface area (Å²) in [4.78, 5) is 9.54. The lowest BCUT2D eigenvalue weighted by Gasteiger charge is -2.13. The second-order valence-electron chi connectivity index (χ2n) is 11.3. The van der Waals surface area contributed by atoms with Crippen molar-refractivity contribution >= 4 is 50.7 Å². The standard InChI is InChI=1S/C41H30S4/c1-27-26-40(33-18-14-31(15-19-33)29-10-6-3-7-11-29)45-41(27)39-25-24-38(44-39)37-23-22-36(43-37)35-21-20-34(42-35)32-16-12-30(13-17-32)28-8-4-2-5-9-28/h2-27,41H,1H3. The number of rotatable bonds is 7. The smallest absolute Gasteiger partial charge is 0.0499 e. The Balaban J connectivity index is 0.950. The van der Waals surface area contributed by atoms with E-state index in [-0.39, 0.29) is 0 Å². The van der Waals surface area contributed by atoms with Crippen LogP contribution in [-0.4, -0.2) is 0 Å². The summed E-state index contributed by atoms with van der Waals surface area (Å²) in [5.74, 6) is 0.496. The Kier molecular flexibility index (Phi) is 7.90. The largest absolute Gasteiger partial charge is 0.138 e. The molecule has 0 bridgehead atoms. The van der Waals surface area contributed by atoms with Crippen molar-refractivity contribution in [3.8, 4) is 52.2 Å². The Morgan fingerprint density at radius 2 is 0.800 bits per heavy atom. The van der Waals surface area contributed by atoms with Crippen LogP contribution in [0.1, 0.15) is 22.6 Å². The van der Waals surface area contributed by atoms with Gasteiger partial charge in [0, 0.05) is 39.4 Å². The van der Waals surface area contributed by atoms with Crippen LogP contribution in [0, 0.1) is 5.92 Å². The van der Waals surface area contributed by atoms with Crippen molar-refractivity contribution < 1.29 is 0 Å². The predicted molar refractivity (Wildman–Crippen MR) is 201 cm³/mol. The van der Waals surface area contributed by atoms with E-state index >= 15 is 0 Å². The molecule has 0 amide bonds. The molecule has 1 aliphatic rings. The summed E-state index contributed by atoms with van der Waals surface area (Å²) in [5, 5.41) is 0.458. The van der Waals surface area contributed by atoms with Crippen molar-refractivity contribution in [2.45, 2.75) is 12.2 Å². The summed E-state index contributed by atoms with van der Waals surface area (Å²) in [6.45, 7) is 2.36. The minimum absolute atomic E-state index is 0.458. The molecule has 0 N–H and O–H groups in total. The molecule has 45 heavy (non-hydrogen) atoms. The van der Waals surface area contributed by atoms with Crippen molar-refractivity contribution in [1.82, 2.24) is 0 Å². The fraction of sp³-hybridized carbons (Fsp3) is 0.0732. The van der Waals surface area contributed by atoms with Crippen LogP contribution in [0.5, 0.6) is 0 Å². The first kappa shape index (κ1) is 28.5. The van der Waals surface area contributed by atoms with Crippen LogP contribution >= 0.6 is 45.8 Å². The fourth-order valence-corrected chi connectivity index (χ4v) is 10.8. The molecule has 0 nitrogen and oxygen atoms in total. The first-order chi connectivity index (χ1) is 22.2. The van der Waals surface area contributed by atoms with Crippen LogP contribution < -0.4 is 0 Å². The lowest BCUT2D eigenvalue weighted by Crippen LogP contribution is -1.95. The minimum atomic E-state index is 0.458. The summed E-state index contributed by atoms with van der Waals surface area (Å²) < 4.78 is 0. The summed E-state index contributed by atoms with van der Waals surface area (Å²) in [5.41, 5.74) is 7.63. The first-order valence-corrected chi connectivity index (χ1v) is 18.5. The van der Waals surface area contributed by atoms with Crippen LogP contribution in [0.15, 0.2) is 152 Å². The molecule has 218 valence electrons. The van der Waals surface area contributed by atoms with Crippen molar-refractivity contribution in [2.24, 2.45) is 5.92 Å². The Hall–Kier alpha value is -3.93. The number of benzene rings is 4. The van der Waals surface area contributed by atoms with E-state index in [0.29, 0.717) is 11.2 Å². The van der Waals surface area contributed by atoms with Gasteiger partial charge in [0.15, 0.2) is 0 Å². The molecule has 3 aromatic heterocycles. The number of allylic oxidation sites excluding steroid dienone is 1. The van der Waals surface area contributed by atoms with Gasteiger partial charge < -0.3 is 0 Å². The molecular weight excluding hydrogens is 621 g/mol. The maximum atomic E-state index is 2.46. The van der Waals surface area contributed by atoms with E-state index in [1.165, 1.54) is 67.5 Å². The van der Waals surface area contributed by atoms with E-state index in [2.05, 4.69) is 159 Å². The van der Waals surface area contributed by atoms with Crippen LogP contribution in [0.2, 0.25) is 0 Å². The van der Waals surface area contributed by atoms with Crippen molar-refractivity contribution in [2.75, 3.05) is 0 Å². The number of thioether (sulfide) groups is 1. The first-order valence-electron chi connectivity index (χ1n) is 15.2. The molecule has 0 saturated carbocycles. The normalized spacial score (nSPS) is 16.2. The highest BCUT2D eigenvalue weighted by Crippen LogP contribution is 2.54. The summed E-state index contributed by atoms with van der Waals surface area (Å²) in [6.07, 6.45) is 2.46. The van der Waals surface area contributed by atoms with Gasteiger partial charge in [0.25, 0.3) is 0 Å². The minimum Gasteiger partial charge on any atom is -0.138 e. The molecule has 2 atom stereocenters. The Labute approximate surface area is 281 Å². The average Bonchev–Trinajstić information content (AvgIpc) is 3.92. The summed E-state index contributed by atoms with van der Waals surface area (Å²) >= 11 is 7.75. The summed E-state index contributed by atoms with van der Waals surface area (Å²) in [7, 11) is 0. The zero-order valence-corrected chi connectivity index (χ0v) is 28.0. The van der Waals surface area contributed by atoms with Crippen molar-refractivity contribution in [1.29, 1.82) is 0 Å². The molecule has 0 fully saturated rings. The molecule has 7 aromatic rings. The molecule has 4 heterocycles. The number of hydrogen-bond acceptors (Lipinski definition) is 4. The third kappa shape index (κ3) is 5.92. The maximum absolute atomic E-state index is 2.46. The van der Waals surface area contributed by atoms with Crippen LogP contribution in [-0.2, 0) is 0 Å². The molecule has 0 saturated heterocycles. The van der Waals surface area contributed by atoms with E-state index in [4.69, 9.17) is 0 Å². The zero-order chi connectivity index (χ0) is 30.2. The van der Waals surface area contributed by atoms with Gasteiger partial charge in [0.05, 0.1) is 0 Å². The van der Waals surface area contributed by atoms with Gasteiger partial charge in [0.1, 0.15) is 0 Å². The van der Waals surface area contributed by atoms with Crippen molar-refractivity contribution in [3.05, 3.63) is 162 Å². The van der Waals surface area contributed by atoms with Gasteiger partial charge in [-0.05, 0) is 75.7 Å². The molecule has 4 aromatic carbocycles. The molecule has 8 rings (SSSR count). The Morgan fingerprint density at radius 3 is 1.38 bits per heavy atom. The molecule has 1 aliphatic heterocycles. The van der Waals surface area contributed by atoms with E-state index in [0.717, 1.165) is 0 Å². The van der Waals surface area contributed by atoms with Gasteiger partial charge in [-0.25, -0.2) is 0 Å². The average molecular weight is 651 g/mol. The quantitative estimate of drug-likeness (QED) is 0.165. The highest BCUT2D eigenvalue weighted by molar-refractivity contribution is 8.08. The van der Waals surface area contributed by atoms with Crippen LogP contribution in [0.25, 0.3) is 57.1 Å². The van der Waals surface area contributed by atoms with Gasteiger partial charge in [-0.15, -0.1) is 45.8 Å². The maximum Gasteiger partial charge on any atom is 0.0499 e. The van der Waals surface area contributed by atoms with Gasteiger partial charge >= 0.3 is 0 Å². The topological polar surface area (TPSA) is 0 Å². The fourth-order valence-electron chi connectivity index (χ4n) is 5.87. The monoisotopic (exact) mass is 650 g/mol. The van der Waals surface area contributed by atoms with Gasteiger partial charge in [0.2, 0.25) is 0 Å². The molecule has 2 unspecified atom stereocenters. The van der Waals surface area contributed by atoms with E-state index in [1.54, 1.807) is 0 Å². The van der Waals surface area contributed by atoms with E-state index < -0.39 is 0 Å². The van der Waals surface area contributed by atoms with Crippen LogP contribution in [0.3, 0.4) is 0 Å². The number of hydrogen-bond donors (Lipinski definition) is 0. The molecule has 0 radical (unpaired) electrons. The molecule has 0 aliphatic carbocycles. The SMILES string of the molecule is CC1C=C(c2ccc(-c3ccccc3)cc2)SC1c1ccc(-c2ccc(-c3ccc(-c4ccc(-c5ccccc5)cc4)s3)s2)s1. The highest BCUT2D eigenvalue weighted by Gasteiger charge is 2.29. The van der Waals surface area contributed by atoms with Crippen molar-refractivity contribution in [3.63, 3.8) is 0 Å². The van der Waals surface area contributed by atoms with E-state index in [1.807, 2.05) is 45.8 Å². The lowest BCUT2D eigenvalue weighted by atomic mass is 10.0. The highest BCUT2D eigenvalue weighted by atomic mass is 32.2.